The van der Waals surface area contributed by atoms with E-state index in [0.29, 0.717) is 0 Å². The first-order valence-corrected chi connectivity index (χ1v) is 12.8. The average molecular weight is 467 g/mol. The van der Waals surface area contributed by atoms with E-state index >= 15 is 0 Å². The fraction of sp³-hybridized carbons (Fsp3) is 0.308. The van der Waals surface area contributed by atoms with Crippen molar-refractivity contribution in [3.63, 3.8) is 0 Å². The van der Waals surface area contributed by atoms with Crippen molar-refractivity contribution in [1.29, 1.82) is 0 Å². The van der Waals surface area contributed by atoms with Gasteiger partial charge in [-0.25, -0.2) is 0 Å². The number of unbranched alkanes of at least 4 members (excludes halogenated alkanes) is 2. The number of benzene rings is 3. The molecule has 2 aromatic heterocycles. The van der Waals surface area contributed by atoms with Crippen LogP contribution in [0.5, 0.6) is 11.5 Å². The number of phenolic OH excluding ortho intramolecular Hbond substituents is 2. The lowest BCUT2D eigenvalue weighted by atomic mass is 10.1. The number of rotatable bonds is 6. The van der Waals surface area contributed by atoms with Crippen LogP contribution in [0.2, 0.25) is 0 Å². The predicted molar refractivity (Wildman–Crippen MR) is 135 cm³/mol. The summed E-state index contributed by atoms with van der Waals surface area (Å²) in [4.78, 5) is 0. The fourth-order valence-electron chi connectivity index (χ4n) is 4.07. The van der Waals surface area contributed by atoms with Gasteiger partial charge in [0.05, 0.1) is 18.8 Å². The smallest absolute Gasteiger partial charge is 0.151 e. The van der Waals surface area contributed by atoms with E-state index in [4.69, 9.17) is 8.83 Å². The summed E-state index contributed by atoms with van der Waals surface area (Å²) in [6.45, 7) is 4.28. The number of hydrogen-bond acceptors (Lipinski definition) is 6. The quantitative estimate of drug-likeness (QED) is 0.245. The zero-order chi connectivity index (χ0) is 22.2. The lowest BCUT2D eigenvalue weighted by molar-refractivity contribution is 0.465. The van der Waals surface area contributed by atoms with Gasteiger partial charge in [0.15, 0.2) is 11.2 Å². The van der Waals surface area contributed by atoms with E-state index in [1.807, 2.05) is 18.2 Å². The molecule has 2 heterocycles. The number of phenols is 2. The SMILES string of the molecule is CCCCc1c(O)ccc2sc3cc4sc5ccc(O)c(CCCC)c5oc4cc3oc12. The van der Waals surface area contributed by atoms with Crippen LogP contribution >= 0.6 is 22.7 Å². The molecule has 3 aromatic carbocycles. The Balaban J connectivity index is 1.75. The summed E-state index contributed by atoms with van der Waals surface area (Å²) in [7, 11) is 0. The molecule has 2 N–H and O–H groups in total. The molecule has 0 aliphatic heterocycles. The first-order valence-electron chi connectivity index (χ1n) is 11.2. The third-order valence-corrected chi connectivity index (χ3v) is 7.99. The number of aromatic hydroxyl groups is 2. The largest absolute Gasteiger partial charge is 0.508 e. The Kier molecular flexibility index (Phi) is 5.74. The highest BCUT2D eigenvalue weighted by Gasteiger charge is 2.15. The Hall–Kier alpha value is -2.70. The Morgan fingerprint density at radius 2 is 1.12 bits per heavy atom. The fourth-order valence-corrected chi connectivity index (χ4v) is 6.16. The summed E-state index contributed by atoms with van der Waals surface area (Å²) in [5.41, 5.74) is 4.72. The van der Waals surface area contributed by atoms with Crippen molar-refractivity contribution in [3.05, 3.63) is 47.5 Å². The number of hydrogen-bond donors (Lipinski definition) is 2. The van der Waals surface area contributed by atoms with Crippen LogP contribution in [-0.2, 0) is 12.8 Å². The third-order valence-electron chi connectivity index (χ3n) is 5.83. The van der Waals surface area contributed by atoms with Crippen LogP contribution < -0.4 is 0 Å². The maximum absolute atomic E-state index is 10.4. The van der Waals surface area contributed by atoms with Crippen LogP contribution in [0.25, 0.3) is 41.1 Å². The monoisotopic (exact) mass is 466 g/mol. The summed E-state index contributed by atoms with van der Waals surface area (Å²) in [5.74, 6) is 0.576. The molecule has 5 rings (SSSR count). The van der Waals surface area contributed by atoms with Gasteiger partial charge in [0.25, 0.3) is 0 Å². The van der Waals surface area contributed by atoms with Gasteiger partial charge in [-0.05, 0) is 56.0 Å². The maximum Gasteiger partial charge on any atom is 0.151 e. The molecule has 32 heavy (non-hydrogen) atoms. The first-order chi connectivity index (χ1) is 15.6. The number of fused-ring (bicyclic) bond motifs is 4. The van der Waals surface area contributed by atoms with Gasteiger partial charge in [-0.15, -0.1) is 22.7 Å². The van der Waals surface area contributed by atoms with Gasteiger partial charge in [0.1, 0.15) is 22.7 Å². The second-order valence-corrected chi connectivity index (χ2v) is 10.3. The van der Waals surface area contributed by atoms with Gasteiger partial charge in [-0.1, -0.05) is 26.7 Å². The van der Waals surface area contributed by atoms with Crippen LogP contribution in [0.15, 0.2) is 45.2 Å². The Labute approximate surface area is 194 Å². The second-order valence-electron chi connectivity index (χ2n) is 8.14. The van der Waals surface area contributed by atoms with E-state index in [-0.39, 0.29) is 11.5 Å². The highest BCUT2D eigenvalue weighted by Crippen LogP contribution is 2.40. The molecule has 0 aliphatic rings. The minimum Gasteiger partial charge on any atom is -0.508 e. The minimum atomic E-state index is 0.288. The molecular formula is C26H26O4S2. The highest BCUT2D eigenvalue weighted by molar-refractivity contribution is 7.26. The van der Waals surface area contributed by atoms with E-state index in [0.717, 1.165) is 90.8 Å². The molecule has 0 bridgehead atoms. The van der Waals surface area contributed by atoms with E-state index < -0.39 is 0 Å². The van der Waals surface area contributed by atoms with Crippen LogP contribution in [0.4, 0.5) is 0 Å². The van der Waals surface area contributed by atoms with Crippen LogP contribution in [0.1, 0.15) is 50.7 Å². The molecule has 0 unspecified atom stereocenters. The van der Waals surface area contributed by atoms with Crippen molar-refractivity contribution in [2.24, 2.45) is 0 Å². The molecule has 0 amide bonds. The van der Waals surface area contributed by atoms with Crippen molar-refractivity contribution < 1.29 is 19.0 Å². The van der Waals surface area contributed by atoms with Crippen molar-refractivity contribution in [2.45, 2.75) is 52.4 Å². The third kappa shape index (κ3) is 3.71. The van der Waals surface area contributed by atoms with Gasteiger partial charge in [-0.2, -0.15) is 0 Å². The summed E-state index contributed by atoms with van der Waals surface area (Å²) >= 11 is 3.33. The van der Waals surface area contributed by atoms with Crippen molar-refractivity contribution in [1.82, 2.24) is 0 Å². The molecule has 0 saturated heterocycles. The molecule has 4 nitrogen and oxygen atoms in total. The van der Waals surface area contributed by atoms with E-state index in [1.54, 1.807) is 34.8 Å². The summed E-state index contributed by atoms with van der Waals surface area (Å²) in [6.07, 6.45) is 5.67. The van der Waals surface area contributed by atoms with Gasteiger partial charge < -0.3 is 19.0 Å². The molecule has 0 aliphatic carbocycles. The Bertz CT molecular complexity index is 1370. The molecule has 0 saturated carbocycles. The van der Waals surface area contributed by atoms with E-state index in [2.05, 4.69) is 19.9 Å². The first kappa shape index (κ1) is 21.2. The van der Waals surface area contributed by atoms with Gasteiger partial charge >= 0.3 is 0 Å². The van der Waals surface area contributed by atoms with Crippen LogP contribution in [0, 0.1) is 0 Å². The normalized spacial score (nSPS) is 11.8. The zero-order valence-corrected chi connectivity index (χ0v) is 19.9. The predicted octanol–water partition coefficient (Wildman–Crippen LogP) is 8.83. The van der Waals surface area contributed by atoms with Crippen LogP contribution in [-0.4, -0.2) is 10.2 Å². The summed E-state index contributed by atoms with van der Waals surface area (Å²) in [5, 5.41) is 20.9. The minimum absolute atomic E-state index is 0.288. The number of aryl methyl sites for hydroxylation is 2. The molecule has 5 aromatic rings. The molecule has 166 valence electrons. The van der Waals surface area contributed by atoms with E-state index in [1.165, 1.54) is 0 Å². The molecule has 6 heteroatoms. The molecule has 0 spiro atoms. The average Bonchev–Trinajstić information content (AvgIpc) is 2.79. The van der Waals surface area contributed by atoms with Crippen LogP contribution in [0.3, 0.4) is 0 Å². The lowest BCUT2D eigenvalue weighted by Gasteiger charge is -2.11. The molecule has 0 fully saturated rings. The summed E-state index contributed by atoms with van der Waals surface area (Å²) in [6, 6.07) is 11.4. The van der Waals surface area contributed by atoms with E-state index in [9.17, 15) is 10.2 Å². The van der Waals surface area contributed by atoms with Crippen molar-refractivity contribution in [3.8, 4) is 11.5 Å². The second kappa shape index (κ2) is 8.68. The zero-order valence-electron chi connectivity index (χ0n) is 18.2. The Morgan fingerprint density at radius 3 is 1.56 bits per heavy atom. The van der Waals surface area contributed by atoms with Crippen molar-refractivity contribution >= 4 is 63.8 Å². The highest BCUT2D eigenvalue weighted by atomic mass is 32.1. The standard InChI is InChI=1S/C26H26O4S2/c1-3-5-7-15-17(27)9-11-21-25(15)29-19-13-20-24(14-23(19)31-21)32-22-12-10-18(28)16(8-6-4-2)26(22)30-20/h9-14,27-28H,3-8H2,1-2H3. The molecular weight excluding hydrogens is 440 g/mol. The lowest BCUT2D eigenvalue weighted by Crippen LogP contribution is -1.89. The van der Waals surface area contributed by atoms with Crippen molar-refractivity contribution in [2.75, 3.05) is 0 Å². The van der Waals surface area contributed by atoms with Gasteiger partial charge in [-0.3, -0.25) is 0 Å². The van der Waals surface area contributed by atoms with Gasteiger partial charge in [0.2, 0.25) is 0 Å². The molecule has 0 radical (unpaired) electrons. The summed E-state index contributed by atoms with van der Waals surface area (Å²) < 4.78 is 16.8. The van der Waals surface area contributed by atoms with Gasteiger partial charge in [0, 0.05) is 17.2 Å². The molecule has 0 atom stereocenters. The Morgan fingerprint density at radius 1 is 0.656 bits per heavy atom. The topological polar surface area (TPSA) is 66.7 Å². The maximum atomic E-state index is 10.4.